The second-order valence-electron chi connectivity index (χ2n) is 2.94. The number of hydrogen-bond acceptors (Lipinski definition) is 3. The van der Waals surface area contributed by atoms with Gasteiger partial charge in [0.2, 0.25) is 0 Å². The lowest BCUT2D eigenvalue weighted by Gasteiger charge is -2.14. The predicted octanol–water partition coefficient (Wildman–Crippen LogP) is 2.51. The van der Waals surface area contributed by atoms with Crippen LogP contribution in [0.4, 0.5) is 0 Å². The molecule has 0 bridgehead atoms. The average Bonchev–Trinajstić information content (AvgIpc) is 2.12. The fourth-order valence-corrected chi connectivity index (χ4v) is 1.62. The van der Waals surface area contributed by atoms with Crippen LogP contribution >= 0.6 is 11.8 Å². The Kier molecular flexibility index (Phi) is 8.56. The molecule has 0 saturated heterocycles. The van der Waals surface area contributed by atoms with Crippen molar-refractivity contribution in [2.45, 2.75) is 39.2 Å². The van der Waals surface area contributed by atoms with E-state index in [1.165, 1.54) is 0 Å². The van der Waals surface area contributed by atoms with Crippen LogP contribution in [0.5, 0.6) is 0 Å². The van der Waals surface area contributed by atoms with Crippen molar-refractivity contribution in [2.75, 3.05) is 18.6 Å². The molecule has 0 aromatic carbocycles. The van der Waals surface area contributed by atoms with E-state index >= 15 is 0 Å². The van der Waals surface area contributed by atoms with Crippen LogP contribution in [0.3, 0.4) is 0 Å². The Morgan fingerprint density at radius 2 is 2.15 bits per heavy atom. The van der Waals surface area contributed by atoms with Crippen LogP contribution in [-0.2, 0) is 9.53 Å². The number of hydrogen-bond donors (Lipinski definition) is 0. The zero-order valence-electron chi connectivity index (χ0n) is 8.84. The average molecular weight is 204 g/mol. The highest BCUT2D eigenvalue weighted by atomic mass is 32.2. The number of ketones is 1. The van der Waals surface area contributed by atoms with E-state index in [2.05, 4.69) is 0 Å². The van der Waals surface area contributed by atoms with Gasteiger partial charge in [-0.05, 0) is 31.8 Å². The molecule has 1 atom stereocenters. The Bertz CT molecular complexity index is 137. The first-order chi connectivity index (χ1) is 6.26. The quantitative estimate of drug-likeness (QED) is 0.607. The molecule has 0 aromatic heterocycles. The summed E-state index contributed by atoms with van der Waals surface area (Å²) >= 11 is 1.76. The zero-order chi connectivity index (χ0) is 10.1. The highest BCUT2D eigenvalue weighted by Gasteiger charge is 2.16. The normalized spacial score (nSPS) is 12.8. The summed E-state index contributed by atoms with van der Waals surface area (Å²) in [6.45, 7) is 4.59. The molecule has 0 fully saturated rings. The SMILES string of the molecule is CCCC(=O)C(CCSC)OCC. The van der Waals surface area contributed by atoms with Gasteiger partial charge in [-0.15, -0.1) is 0 Å². The Morgan fingerprint density at radius 3 is 2.62 bits per heavy atom. The van der Waals surface area contributed by atoms with E-state index in [0.717, 1.165) is 18.6 Å². The summed E-state index contributed by atoms with van der Waals surface area (Å²) in [5.41, 5.74) is 0. The van der Waals surface area contributed by atoms with Gasteiger partial charge < -0.3 is 4.74 Å². The monoisotopic (exact) mass is 204 g/mol. The van der Waals surface area contributed by atoms with Gasteiger partial charge in [0, 0.05) is 13.0 Å². The lowest BCUT2D eigenvalue weighted by Crippen LogP contribution is -2.24. The second-order valence-corrected chi connectivity index (χ2v) is 3.93. The molecule has 0 rings (SSSR count). The summed E-state index contributed by atoms with van der Waals surface area (Å²) in [5, 5.41) is 0. The molecule has 0 aliphatic rings. The van der Waals surface area contributed by atoms with Crippen LogP contribution in [0.2, 0.25) is 0 Å². The maximum Gasteiger partial charge on any atom is 0.161 e. The molecule has 0 aliphatic heterocycles. The number of carbonyl (C=O) groups excluding carboxylic acids is 1. The van der Waals surface area contributed by atoms with Crippen molar-refractivity contribution in [1.82, 2.24) is 0 Å². The molecule has 3 heteroatoms. The number of carbonyl (C=O) groups is 1. The van der Waals surface area contributed by atoms with Gasteiger partial charge in [0.15, 0.2) is 5.78 Å². The van der Waals surface area contributed by atoms with Crippen LogP contribution in [0.15, 0.2) is 0 Å². The molecule has 0 saturated carbocycles. The smallest absolute Gasteiger partial charge is 0.161 e. The second kappa shape index (κ2) is 8.57. The Balaban J connectivity index is 3.83. The molecule has 0 aromatic rings. The summed E-state index contributed by atoms with van der Waals surface area (Å²) < 4.78 is 5.40. The number of thioether (sulfide) groups is 1. The molecule has 78 valence electrons. The summed E-state index contributed by atoms with van der Waals surface area (Å²) in [5.74, 6) is 1.26. The largest absolute Gasteiger partial charge is 0.371 e. The van der Waals surface area contributed by atoms with Gasteiger partial charge in [-0.1, -0.05) is 6.92 Å². The molecule has 0 spiro atoms. The number of ether oxygens (including phenoxy) is 1. The van der Waals surface area contributed by atoms with E-state index in [1.807, 2.05) is 20.1 Å². The molecule has 0 N–H and O–H groups in total. The van der Waals surface area contributed by atoms with E-state index in [1.54, 1.807) is 11.8 Å². The van der Waals surface area contributed by atoms with Crippen molar-refractivity contribution in [1.29, 1.82) is 0 Å². The minimum atomic E-state index is -0.155. The van der Waals surface area contributed by atoms with Crippen molar-refractivity contribution in [3.63, 3.8) is 0 Å². The highest BCUT2D eigenvalue weighted by Crippen LogP contribution is 2.08. The highest BCUT2D eigenvalue weighted by molar-refractivity contribution is 7.98. The third-order valence-electron chi connectivity index (χ3n) is 1.81. The Labute approximate surface area is 85.4 Å². The van der Waals surface area contributed by atoms with E-state index in [0.29, 0.717) is 13.0 Å². The summed E-state index contributed by atoms with van der Waals surface area (Å²) in [6.07, 6.45) is 4.32. The van der Waals surface area contributed by atoms with Gasteiger partial charge in [-0.3, -0.25) is 4.79 Å². The number of Topliss-reactive ketones (excluding diaryl/α,β-unsaturated/α-hetero) is 1. The van der Waals surface area contributed by atoms with Gasteiger partial charge in [0.1, 0.15) is 6.10 Å². The van der Waals surface area contributed by atoms with E-state index in [4.69, 9.17) is 4.74 Å². The van der Waals surface area contributed by atoms with Crippen molar-refractivity contribution >= 4 is 17.5 Å². The first-order valence-electron chi connectivity index (χ1n) is 4.89. The lowest BCUT2D eigenvalue weighted by molar-refractivity contribution is -0.130. The standard InChI is InChI=1S/C10H20O2S/c1-4-6-9(11)10(12-5-2)7-8-13-3/h10H,4-8H2,1-3H3. The maximum absolute atomic E-state index is 11.5. The van der Waals surface area contributed by atoms with E-state index in [9.17, 15) is 4.79 Å². The zero-order valence-corrected chi connectivity index (χ0v) is 9.65. The fraction of sp³-hybridized carbons (Fsp3) is 0.900. The minimum absolute atomic E-state index is 0.155. The molecule has 2 nitrogen and oxygen atoms in total. The van der Waals surface area contributed by atoms with Gasteiger partial charge in [0.05, 0.1) is 0 Å². The molecule has 13 heavy (non-hydrogen) atoms. The molecule has 0 amide bonds. The van der Waals surface area contributed by atoms with Crippen molar-refractivity contribution in [3.8, 4) is 0 Å². The first-order valence-corrected chi connectivity index (χ1v) is 6.28. The van der Waals surface area contributed by atoms with Crippen LogP contribution < -0.4 is 0 Å². The Hall–Kier alpha value is -0.0200. The summed E-state index contributed by atoms with van der Waals surface area (Å²) in [4.78, 5) is 11.5. The van der Waals surface area contributed by atoms with Gasteiger partial charge in [0.25, 0.3) is 0 Å². The van der Waals surface area contributed by atoms with Crippen molar-refractivity contribution < 1.29 is 9.53 Å². The molecule has 0 radical (unpaired) electrons. The van der Waals surface area contributed by atoms with E-state index < -0.39 is 0 Å². The van der Waals surface area contributed by atoms with Crippen molar-refractivity contribution in [2.24, 2.45) is 0 Å². The number of rotatable bonds is 8. The van der Waals surface area contributed by atoms with Gasteiger partial charge in [-0.2, -0.15) is 11.8 Å². The summed E-state index contributed by atoms with van der Waals surface area (Å²) in [6, 6.07) is 0. The molecule has 0 heterocycles. The molecule has 1 unspecified atom stereocenters. The molecule has 0 aliphatic carbocycles. The maximum atomic E-state index is 11.5. The minimum Gasteiger partial charge on any atom is -0.371 e. The fourth-order valence-electron chi connectivity index (χ4n) is 1.17. The first kappa shape index (κ1) is 13.0. The lowest BCUT2D eigenvalue weighted by atomic mass is 10.1. The van der Waals surface area contributed by atoms with Gasteiger partial charge >= 0.3 is 0 Å². The van der Waals surface area contributed by atoms with Crippen molar-refractivity contribution in [3.05, 3.63) is 0 Å². The topological polar surface area (TPSA) is 26.3 Å². The summed E-state index contributed by atoms with van der Waals surface area (Å²) in [7, 11) is 0. The third kappa shape index (κ3) is 6.11. The van der Waals surface area contributed by atoms with Crippen LogP contribution in [0, 0.1) is 0 Å². The molecular weight excluding hydrogens is 184 g/mol. The van der Waals surface area contributed by atoms with Crippen LogP contribution in [-0.4, -0.2) is 30.5 Å². The predicted molar refractivity (Wildman–Crippen MR) is 58.3 cm³/mol. The van der Waals surface area contributed by atoms with E-state index in [-0.39, 0.29) is 11.9 Å². The Morgan fingerprint density at radius 1 is 1.46 bits per heavy atom. The molecular formula is C10H20O2S. The van der Waals surface area contributed by atoms with Crippen LogP contribution in [0.1, 0.15) is 33.1 Å². The third-order valence-corrected chi connectivity index (χ3v) is 2.45. The van der Waals surface area contributed by atoms with Gasteiger partial charge in [-0.25, -0.2) is 0 Å². The van der Waals surface area contributed by atoms with Crippen LogP contribution in [0.25, 0.3) is 0 Å².